The molecule has 1 atom stereocenters. The molecule has 1 aliphatic heterocycles. The Bertz CT molecular complexity index is 397. The van der Waals surface area contributed by atoms with Gasteiger partial charge < -0.3 is 20.4 Å². The molecular weight excluding hydrogens is 232 g/mol. The van der Waals surface area contributed by atoms with E-state index in [0.29, 0.717) is 12.2 Å². The Hall–Kier alpha value is -1.59. The van der Waals surface area contributed by atoms with Gasteiger partial charge in [-0.25, -0.2) is 0 Å². The molecule has 1 aromatic carbocycles. The maximum absolute atomic E-state index is 8.55. The Morgan fingerprint density at radius 3 is 2.78 bits per heavy atom. The molecule has 5 heteroatoms. The second-order valence-corrected chi connectivity index (χ2v) is 4.29. The van der Waals surface area contributed by atoms with Crippen molar-refractivity contribution in [1.82, 2.24) is 0 Å². The van der Waals surface area contributed by atoms with Gasteiger partial charge in [0.15, 0.2) is 12.1 Å². The standard InChI is InChI=1S/C13H18N2O3/c14-13(15-16)11-6-4-10(5-7-11)9-18-12-3-1-2-8-17-12/h4-7,12,16H,1-3,8-9H2,(H2,14,15). The largest absolute Gasteiger partial charge is 0.409 e. The molecule has 5 nitrogen and oxygen atoms in total. The van der Waals surface area contributed by atoms with E-state index in [1.807, 2.05) is 12.1 Å². The van der Waals surface area contributed by atoms with Gasteiger partial charge >= 0.3 is 0 Å². The normalized spacial score (nSPS) is 20.9. The number of ether oxygens (including phenoxy) is 2. The number of oxime groups is 1. The lowest BCUT2D eigenvalue weighted by Gasteiger charge is -2.22. The van der Waals surface area contributed by atoms with Gasteiger partial charge in [-0.15, -0.1) is 0 Å². The van der Waals surface area contributed by atoms with Crippen LogP contribution in [-0.4, -0.2) is 23.9 Å². The quantitative estimate of drug-likeness (QED) is 0.370. The maximum Gasteiger partial charge on any atom is 0.170 e. The van der Waals surface area contributed by atoms with Gasteiger partial charge in [-0.3, -0.25) is 0 Å². The number of hydrogen-bond acceptors (Lipinski definition) is 4. The molecule has 0 spiro atoms. The molecule has 2 rings (SSSR count). The fourth-order valence-electron chi connectivity index (χ4n) is 1.86. The van der Waals surface area contributed by atoms with Crippen molar-refractivity contribution >= 4 is 5.84 Å². The zero-order chi connectivity index (χ0) is 12.8. The molecule has 3 N–H and O–H groups in total. The monoisotopic (exact) mass is 250 g/mol. The van der Waals surface area contributed by atoms with Crippen LogP contribution >= 0.6 is 0 Å². The Kier molecular flexibility index (Phi) is 4.55. The molecule has 0 amide bonds. The van der Waals surface area contributed by atoms with Gasteiger partial charge in [0.25, 0.3) is 0 Å². The van der Waals surface area contributed by atoms with Crippen LogP contribution in [0.25, 0.3) is 0 Å². The molecule has 1 unspecified atom stereocenters. The van der Waals surface area contributed by atoms with Crippen molar-refractivity contribution in [2.24, 2.45) is 10.9 Å². The van der Waals surface area contributed by atoms with Gasteiger partial charge in [-0.2, -0.15) is 0 Å². The molecule has 1 heterocycles. The Labute approximate surface area is 106 Å². The number of amidine groups is 1. The van der Waals surface area contributed by atoms with Crippen molar-refractivity contribution in [2.75, 3.05) is 6.61 Å². The summed E-state index contributed by atoms with van der Waals surface area (Å²) >= 11 is 0. The Morgan fingerprint density at radius 2 is 2.17 bits per heavy atom. The number of rotatable bonds is 4. The lowest BCUT2D eigenvalue weighted by molar-refractivity contribution is -0.168. The minimum atomic E-state index is -0.0810. The first-order valence-corrected chi connectivity index (χ1v) is 6.09. The molecule has 0 saturated carbocycles. The molecule has 0 aliphatic carbocycles. The summed E-state index contributed by atoms with van der Waals surface area (Å²) in [5, 5.41) is 11.5. The van der Waals surface area contributed by atoms with Crippen LogP contribution in [0, 0.1) is 0 Å². The van der Waals surface area contributed by atoms with E-state index in [0.717, 1.165) is 31.4 Å². The van der Waals surface area contributed by atoms with Crippen LogP contribution in [0.2, 0.25) is 0 Å². The van der Waals surface area contributed by atoms with Gasteiger partial charge in [-0.05, 0) is 24.8 Å². The van der Waals surface area contributed by atoms with Crippen LogP contribution in [-0.2, 0) is 16.1 Å². The molecule has 1 saturated heterocycles. The van der Waals surface area contributed by atoms with Crippen molar-refractivity contribution in [3.63, 3.8) is 0 Å². The molecule has 0 bridgehead atoms. The predicted molar refractivity (Wildman–Crippen MR) is 67.3 cm³/mol. The summed E-state index contributed by atoms with van der Waals surface area (Å²) in [6.07, 6.45) is 3.16. The highest BCUT2D eigenvalue weighted by Crippen LogP contribution is 2.15. The summed E-state index contributed by atoms with van der Waals surface area (Å²) in [6, 6.07) is 7.40. The van der Waals surface area contributed by atoms with Gasteiger partial charge in [0, 0.05) is 12.2 Å². The summed E-state index contributed by atoms with van der Waals surface area (Å²) in [6.45, 7) is 1.30. The molecule has 1 aliphatic rings. The molecule has 18 heavy (non-hydrogen) atoms. The van der Waals surface area contributed by atoms with Crippen LogP contribution in [0.5, 0.6) is 0 Å². The smallest absolute Gasteiger partial charge is 0.170 e. The fourth-order valence-corrected chi connectivity index (χ4v) is 1.86. The average Bonchev–Trinajstić information content (AvgIpc) is 2.46. The van der Waals surface area contributed by atoms with Crippen molar-refractivity contribution in [3.8, 4) is 0 Å². The van der Waals surface area contributed by atoms with E-state index in [1.54, 1.807) is 12.1 Å². The topological polar surface area (TPSA) is 77.1 Å². The molecule has 98 valence electrons. The first kappa shape index (κ1) is 12.9. The third kappa shape index (κ3) is 3.45. The third-order valence-corrected chi connectivity index (χ3v) is 2.93. The van der Waals surface area contributed by atoms with Crippen LogP contribution in [0.3, 0.4) is 0 Å². The lowest BCUT2D eigenvalue weighted by atomic mass is 10.1. The van der Waals surface area contributed by atoms with E-state index < -0.39 is 0 Å². The van der Waals surface area contributed by atoms with E-state index in [4.69, 9.17) is 20.4 Å². The summed E-state index contributed by atoms with van der Waals surface area (Å²) in [5.74, 6) is 0.109. The average molecular weight is 250 g/mol. The van der Waals surface area contributed by atoms with Crippen LogP contribution in [0.1, 0.15) is 30.4 Å². The highest BCUT2D eigenvalue weighted by Gasteiger charge is 2.13. The van der Waals surface area contributed by atoms with Crippen LogP contribution in [0.15, 0.2) is 29.4 Å². The minimum absolute atomic E-state index is 0.0810. The SMILES string of the molecule is N/C(=N\O)c1ccc(COC2CCCCO2)cc1. The van der Waals surface area contributed by atoms with Crippen LogP contribution in [0.4, 0.5) is 0 Å². The summed E-state index contributed by atoms with van der Waals surface area (Å²) in [4.78, 5) is 0. The Balaban J connectivity index is 1.86. The Morgan fingerprint density at radius 1 is 1.39 bits per heavy atom. The van der Waals surface area contributed by atoms with Crippen molar-refractivity contribution in [1.29, 1.82) is 0 Å². The second kappa shape index (κ2) is 6.37. The van der Waals surface area contributed by atoms with Crippen molar-refractivity contribution < 1.29 is 14.7 Å². The zero-order valence-corrected chi connectivity index (χ0v) is 10.2. The van der Waals surface area contributed by atoms with E-state index in [-0.39, 0.29) is 12.1 Å². The van der Waals surface area contributed by atoms with Crippen LogP contribution < -0.4 is 5.73 Å². The molecule has 0 radical (unpaired) electrons. The highest BCUT2D eigenvalue weighted by atomic mass is 16.7. The minimum Gasteiger partial charge on any atom is -0.409 e. The molecule has 0 aromatic heterocycles. The van der Waals surface area contributed by atoms with E-state index >= 15 is 0 Å². The predicted octanol–water partition coefficient (Wildman–Crippen LogP) is 1.82. The van der Waals surface area contributed by atoms with Crippen molar-refractivity contribution in [2.45, 2.75) is 32.2 Å². The van der Waals surface area contributed by atoms with Gasteiger partial charge in [0.05, 0.1) is 6.61 Å². The highest BCUT2D eigenvalue weighted by molar-refractivity contribution is 5.96. The number of nitrogens with zero attached hydrogens (tertiary/aromatic N) is 1. The summed E-state index contributed by atoms with van der Waals surface area (Å²) in [7, 11) is 0. The van der Waals surface area contributed by atoms with Gasteiger partial charge in [0.2, 0.25) is 0 Å². The first-order chi connectivity index (χ1) is 8.79. The second-order valence-electron chi connectivity index (χ2n) is 4.29. The number of benzene rings is 1. The van der Waals surface area contributed by atoms with E-state index in [9.17, 15) is 0 Å². The summed E-state index contributed by atoms with van der Waals surface area (Å²) < 4.78 is 11.1. The van der Waals surface area contributed by atoms with E-state index in [2.05, 4.69) is 5.16 Å². The lowest BCUT2D eigenvalue weighted by Crippen LogP contribution is -2.22. The van der Waals surface area contributed by atoms with Gasteiger partial charge in [0.1, 0.15) is 0 Å². The first-order valence-electron chi connectivity index (χ1n) is 6.09. The third-order valence-electron chi connectivity index (χ3n) is 2.93. The van der Waals surface area contributed by atoms with E-state index in [1.165, 1.54) is 0 Å². The van der Waals surface area contributed by atoms with Gasteiger partial charge in [-0.1, -0.05) is 29.4 Å². The fraction of sp³-hybridized carbons (Fsp3) is 0.462. The number of hydrogen-bond donors (Lipinski definition) is 2. The molecular formula is C13H18N2O3. The number of nitrogens with two attached hydrogens (primary N) is 1. The van der Waals surface area contributed by atoms with Crippen molar-refractivity contribution in [3.05, 3.63) is 35.4 Å². The maximum atomic E-state index is 8.55. The zero-order valence-electron chi connectivity index (χ0n) is 10.2. The molecule has 1 fully saturated rings. The summed E-state index contributed by atoms with van der Waals surface area (Å²) in [5.41, 5.74) is 7.21. The molecule has 1 aromatic rings.